The lowest BCUT2D eigenvalue weighted by Crippen LogP contribution is -2.22. The van der Waals surface area contributed by atoms with E-state index in [0.717, 1.165) is 31.0 Å². The predicted molar refractivity (Wildman–Crippen MR) is 68.7 cm³/mol. The van der Waals surface area contributed by atoms with Crippen molar-refractivity contribution in [1.82, 2.24) is 10.3 Å². The van der Waals surface area contributed by atoms with Gasteiger partial charge in [-0.1, -0.05) is 12.1 Å². The molecule has 0 fully saturated rings. The van der Waals surface area contributed by atoms with Crippen molar-refractivity contribution >= 4 is 5.71 Å². The summed E-state index contributed by atoms with van der Waals surface area (Å²) in [6, 6.07) is 5.93. The van der Waals surface area contributed by atoms with Crippen molar-refractivity contribution in [3.8, 4) is 0 Å². The molecule has 3 heteroatoms. The number of hydrogen-bond donors (Lipinski definition) is 1. The lowest BCUT2D eigenvalue weighted by atomic mass is 10.3. The van der Waals surface area contributed by atoms with Gasteiger partial charge in [-0.15, -0.1) is 0 Å². The van der Waals surface area contributed by atoms with E-state index >= 15 is 0 Å². The summed E-state index contributed by atoms with van der Waals surface area (Å²) in [4.78, 5) is 8.64. The highest BCUT2D eigenvalue weighted by Crippen LogP contribution is 1.92. The second kappa shape index (κ2) is 7.77. The molecule has 1 aromatic heterocycles. The molecular formula is C13H19N3. The van der Waals surface area contributed by atoms with E-state index in [4.69, 9.17) is 0 Å². The maximum Gasteiger partial charge on any atom is 0.0541 e. The van der Waals surface area contributed by atoms with E-state index in [0.29, 0.717) is 0 Å². The first kappa shape index (κ1) is 12.6. The molecule has 0 spiro atoms. The van der Waals surface area contributed by atoms with E-state index < -0.39 is 0 Å². The van der Waals surface area contributed by atoms with E-state index in [1.165, 1.54) is 0 Å². The molecule has 0 saturated heterocycles. The van der Waals surface area contributed by atoms with Crippen LogP contribution in [0.1, 0.15) is 19.5 Å². The van der Waals surface area contributed by atoms with Crippen LogP contribution >= 0.6 is 0 Å². The number of allylic oxidation sites excluding steroid dienone is 1. The number of aliphatic imine (C=N–C) groups is 1. The highest BCUT2D eigenvalue weighted by Gasteiger charge is 1.95. The molecule has 0 amide bonds. The fraction of sp³-hybridized carbons (Fsp3) is 0.385. The van der Waals surface area contributed by atoms with Gasteiger partial charge in [0.05, 0.1) is 5.69 Å². The van der Waals surface area contributed by atoms with E-state index in [1.54, 1.807) is 0 Å². The summed E-state index contributed by atoms with van der Waals surface area (Å²) in [5, 5.41) is 3.33. The van der Waals surface area contributed by atoms with E-state index in [2.05, 4.69) is 15.3 Å². The third kappa shape index (κ3) is 4.84. The molecule has 1 rings (SSSR count). The Morgan fingerprint density at radius 1 is 1.50 bits per heavy atom. The summed E-state index contributed by atoms with van der Waals surface area (Å²) >= 11 is 0. The summed E-state index contributed by atoms with van der Waals surface area (Å²) in [7, 11) is 0. The van der Waals surface area contributed by atoms with Gasteiger partial charge in [-0.2, -0.15) is 0 Å². The zero-order chi connectivity index (χ0) is 11.6. The van der Waals surface area contributed by atoms with Gasteiger partial charge in [0.25, 0.3) is 0 Å². The van der Waals surface area contributed by atoms with Crippen LogP contribution in [0.3, 0.4) is 0 Å². The van der Waals surface area contributed by atoms with Gasteiger partial charge >= 0.3 is 0 Å². The zero-order valence-corrected chi connectivity index (χ0v) is 9.98. The SMILES string of the molecule is C/C=C\C(CNCc1ccccn1)=NCC. The first-order chi connectivity index (χ1) is 7.86. The van der Waals surface area contributed by atoms with Gasteiger partial charge in [-0.25, -0.2) is 0 Å². The van der Waals surface area contributed by atoms with Gasteiger partial charge in [0.15, 0.2) is 0 Å². The Kier molecular flexibility index (Phi) is 6.11. The topological polar surface area (TPSA) is 37.3 Å². The highest BCUT2D eigenvalue weighted by atomic mass is 14.9. The van der Waals surface area contributed by atoms with Gasteiger partial charge in [-0.05, 0) is 32.1 Å². The summed E-state index contributed by atoms with van der Waals surface area (Å²) in [5.41, 5.74) is 2.14. The van der Waals surface area contributed by atoms with Crippen molar-refractivity contribution in [2.75, 3.05) is 13.1 Å². The van der Waals surface area contributed by atoms with Gasteiger partial charge in [0.1, 0.15) is 0 Å². The Morgan fingerprint density at radius 2 is 2.38 bits per heavy atom. The maximum absolute atomic E-state index is 4.39. The molecule has 0 aliphatic rings. The Hall–Kier alpha value is -1.48. The van der Waals surface area contributed by atoms with Gasteiger partial charge in [0, 0.05) is 31.5 Å². The van der Waals surface area contributed by atoms with Crippen molar-refractivity contribution in [2.24, 2.45) is 4.99 Å². The Bertz CT molecular complexity index is 341. The van der Waals surface area contributed by atoms with E-state index in [-0.39, 0.29) is 0 Å². The number of pyridine rings is 1. The third-order valence-electron chi connectivity index (χ3n) is 2.06. The molecule has 0 bridgehead atoms. The van der Waals surface area contributed by atoms with Crippen LogP contribution in [0, 0.1) is 0 Å². The van der Waals surface area contributed by atoms with Crippen LogP contribution in [-0.4, -0.2) is 23.8 Å². The largest absolute Gasteiger partial charge is 0.306 e. The van der Waals surface area contributed by atoms with Crippen molar-refractivity contribution in [3.63, 3.8) is 0 Å². The minimum Gasteiger partial charge on any atom is -0.306 e. The van der Waals surface area contributed by atoms with Gasteiger partial charge < -0.3 is 5.32 Å². The monoisotopic (exact) mass is 217 g/mol. The number of nitrogens with zero attached hydrogens (tertiary/aromatic N) is 2. The molecule has 0 aliphatic carbocycles. The molecule has 86 valence electrons. The van der Waals surface area contributed by atoms with Crippen LogP contribution in [0.5, 0.6) is 0 Å². The molecular weight excluding hydrogens is 198 g/mol. The summed E-state index contributed by atoms with van der Waals surface area (Å²) < 4.78 is 0. The summed E-state index contributed by atoms with van der Waals surface area (Å²) in [6.07, 6.45) is 5.86. The number of hydrogen-bond acceptors (Lipinski definition) is 3. The maximum atomic E-state index is 4.39. The molecule has 0 radical (unpaired) electrons. The van der Waals surface area contributed by atoms with Crippen LogP contribution in [-0.2, 0) is 6.54 Å². The highest BCUT2D eigenvalue weighted by molar-refractivity contribution is 5.96. The van der Waals surface area contributed by atoms with Crippen LogP contribution in [0.2, 0.25) is 0 Å². The molecule has 0 atom stereocenters. The standard InChI is InChI=1S/C13H19N3/c1-3-7-12(15-4-2)10-14-11-13-8-5-6-9-16-13/h3,5-9,14H,4,10-11H2,1-2H3/b7-3-,15-12?. The normalized spacial score (nSPS) is 12.2. The molecule has 0 aromatic carbocycles. The van der Waals surface area contributed by atoms with Crippen LogP contribution < -0.4 is 5.32 Å². The molecule has 16 heavy (non-hydrogen) atoms. The average Bonchev–Trinajstić information content (AvgIpc) is 2.31. The first-order valence-electron chi connectivity index (χ1n) is 5.63. The van der Waals surface area contributed by atoms with E-state index in [1.807, 2.05) is 50.4 Å². The molecule has 0 saturated carbocycles. The lowest BCUT2D eigenvalue weighted by molar-refractivity contribution is 0.754. The Labute approximate surface area is 97.3 Å². The smallest absolute Gasteiger partial charge is 0.0541 e. The van der Waals surface area contributed by atoms with Crippen molar-refractivity contribution in [2.45, 2.75) is 20.4 Å². The summed E-state index contributed by atoms with van der Waals surface area (Å²) in [5.74, 6) is 0. The second-order valence-electron chi connectivity index (χ2n) is 3.39. The van der Waals surface area contributed by atoms with Gasteiger partial charge in [-0.3, -0.25) is 9.98 Å². The van der Waals surface area contributed by atoms with Crippen LogP contribution in [0.25, 0.3) is 0 Å². The molecule has 1 heterocycles. The second-order valence-corrected chi connectivity index (χ2v) is 3.39. The molecule has 3 nitrogen and oxygen atoms in total. The molecule has 0 unspecified atom stereocenters. The quantitative estimate of drug-likeness (QED) is 0.742. The first-order valence-corrected chi connectivity index (χ1v) is 5.63. The molecule has 1 aromatic rings. The predicted octanol–water partition coefficient (Wildman–Crippen LogP) is 2.21. The number of nitrogens with one attached hydrogen (secondary N) is 1. The number of rotatable bonds is 6. The molecule has 0 aliphatic heterocycles. The lowest BCUT2D eigenvalue weighted by Gasteiger charge is -2.04. The van der Waals surface area contributed by atoms with Crippen LogP contribution in [0.4, 0.5) is 0 Å². The van der Waals surface area contributed by atoms with Crippen molar-refractivity contribution < 1.29 is 0 Å². The van der Waals surface area contributed by atoms with Crippen molar-refractivity contribution in [3.05, 3.63) is 42.2 Å². The fourth-order valence-corrected chi connectivity index (χ4v) is 1.38. The summed E-state index contributed by atoms with van der Waals surface area (Å²) in [6.45, 7) is 6.44. The fourth-order valence-electron chi connectivity index (χ4n) is 1.38. The number of aromatic nitrogens is 1. The minimum absolute atomic E-state index is 0.779. The Morgan fingerprint density at radius 3 is 3.00 bits per heavy atom. The van der Waals surface area contributed by atoms with Crippen LogP contribution in [0.15, 0.2) is 41.5 Å². The molecule has 1 N–H and O–H groups in total. The Balaban J connectivity index is 2.37. The van der Waals surface area contributed by atoms with Crippen molar-refractivity contribution in [1.29, 1.82) is 0 Å². The third-order valence-corrected chi connectivity index (χ3v) is 2.06. The van der Waals surface area contributed by atoms with E-state index in [9.17, 15) is 0 Å². The minimum atomic E-state index is 0.779. The zero-order valence-electron chi connectivity index (χ0n) is 9.98. The van der Waals surface area contributed by atoms with Gasteiger partial charge in [0.2, 0.25) is 0 Å². The average molecular weight is 217 g/mol.